The van der Waals surface area contributed by atoms with E-state index in [1.807, 2.05) is 19.1 Å². The number of aromatic amines is 1. The van der Waals surface area contributed by atoms with E-state index in [2.05, 4.69) is 20.2 Å². The van der Waals surface area contributed by atoms with Crippen LogP contribution in [0, 0.1) is 6.92 Å². The number of hydrogen-bond donors (Lipinski definition) is 4. The average molecular weight is 388 g/mol. The number of nitrogen functional groups attached to an aromatic ring is 1. The van der Waals surface area contributed by atoms with Crippen molar-refractivity contribution < 1.29 is 14.7 Å². The van der Waals surface area contributed by atoms with Gasteiger partial charge < -0.3 is 16.6 Å². The lowest BCUT2D eigenvalue weighted by Gasteiger charge is -2.14. The zero-order valence-electron chi connectivity index (χ0n) is 15.3. The van der Waals surface area contributed by atoms with Crippen LogP contribution in [0.25, 0.3) is 33.5 Å². The Morgan fingerprint density at radius 2 is 1.79 bits per heavy atom. The molecule has 2 aromatic carbocycles. The van der Waals surface area contributed by atoms with Gasteiger partial charge in [0.1, 0.15) is 0 Å². The van der Waals surface area contributed by atoms with Gasteiger partial charge in [0, 0.05) is 16.5 Å². The minimum atomic E-state index is -1.05. The van der Waals surface area contributed by atoms with E-state index in [9.17, 15) is 9.59 Å². The molecule has 0 spiro atoms. The molecular weight excluding hydrogens is 372 g/mol. The van der Waals surface area contributed by atoms with Crippen molar-refractivity contribution in [2.24, 2.45) is 5.73 Å². The molecule has 4 rings (SSSR count). The second kappa shape index (κ2) is 6.71. The normalized spacial score (nSPS) is 10.9. The second-order valence-electron chi connectivity index (χ2n) is 6.49. The predicted octanol–water partition coefficient (Wildman–Crippen LogP) is 2.37. The van der Waals surface area contributed by atoms with Gasteiger partial charge in [0.05, 0.1) is 28.7 Å². The van der Waals surface area contributed by atoms with Gasteiger partial charge in [-0.15, -0.1) is 0 Å². The van der Waals surface area contributed by atoms with Crippen LogP contribution in [0.4, 0.5) is 5.69 Å². The third kappa shape index (κ3) is 3.04. The maximum atomic E-state index is 12.0. The SMILES string of the molecule is Cc1ccc2[nH]ncc2c1-c1nc(-c2ccc(C(=O)O)cc2)nc(C(N)=O)c1N. The molecule has 0 fully saturated rings. The topological polar surface area (TPSA) is 161 Å². The number of primary amides is 1. The first-order chi connectivity index (χ1) is 13.9. The van der Waals surface area contributed by atoms with Crippen LogP contribution in [-0.2, 0) is 0 Å². The van der Waals surface area contributed by atoms with Gasteiger partial charge in [-0.2, -0.15) is 5.10 Å². The van der Waals surface area contributed by atoms with Crippen LogP contribution in [0.2, 0.25) is 0 Å². The smallest absolute Gasteiger partial charge is 0.335 e. The van der Waals surface area contributed by atoms with Crippen molar-refractivity contribution in [1.82, 2.24) is 20.2 Å². The van der Waals surface area contributed by atoms with Gasteiger partial charge in [-0.05, 0) is 30.7 Å². The summed E-state index contributed by atoms with van der Waals surface area (Å²) in [6, 6.07) is 9.78. The zero-order chi connectivity index (χ0) is 20.7. The molecule has 0 radical (unpaired) electrons. The number of aromatic carboxylic acids is 1. The quantitative estimate of drug-likeness (QED) is 0.417. The molecule has 0 saturated carbocycles. The Morgan fingerprint density at radius 1 is 1.07 bits per heavy atom. The lowest BCUT2D eigenvalue weighted by Crippen LogP contribution is -2.18. The molecule has 4 aromatic rings. The van der Waals surface area contributed by atoms with Gasteiger partial charge in [-0.1, -0.05) is 18.2 Å². The van der Waals surface area contributed by atoms with E-state index in [1.165, 1.54) is 12.1 Å². The number of aryl methyl sites for hydroxylation is 1. The first kappa shape index (κ1) is 18.1. The minimum absolute atomic E-state index is 0.0696. The van der Waals surface area contributed by atoms with Crippen LogP contribution in [0.1, 0.15) is 26.4 Å². The molecular formula is C20H16N6O3. The first-order valence-electron chi connectivity index (χ1n) is 8.61. The molecule has 2 heterocycles. The number of fused-ring (bicyclic) bond motifs is 1. The number of H-pyrrole nitrogens is 1. The number of benzene rings is 2. The molecule has 0 atom stereocenters. The molecule has 29 heavy (non-hydrogen) atoms. The molecule has 9 nitrogen and oxygen atoms in total. The summed E-state index contributed by atoms with van der Waals surface area (Å²) in [6.45, 7) is 1.90. The number of carboxylic acid groups (broad SMARTS) is 1. The third-order valence-electron chi connectivity index (χ3n) is 4.64. The van der Waals surface area contributed by atoms with Crippen molar-refractivity contribution in [3.8, 4) is 22.6 Å². The van der Waals surface area contributed by atoms with E-state index >= 15 is 0 Å². The average Bonchev–Trinajstić information content (AvgIpc) is 3.17. The van der Waals surface area contributed by atoms with Gasteiger partial charge in [-0.3, -0.25) is 9.89 Å². The summed E-state index contributed by atoms with van der Waals surface area (Å²) < 4.78 is 0. The number of aromatic nitrogens is 4. The molecule has 0 bridgehead atoms. The number of anilines is 1. The fraction of sp³-hybridized carbons (Fsp3) is 0.0500. The lowest BCUT2D eigenvalue weighted by molar-refractivity contribution is 0.0696. The number of amides is 1. The molecule has 9 heteroatoms. The predicted molar refractivity (Wildman–Crippen MR) is 107 cm³/mol. The number of carbonyl (C=O) groups is 2. The Labute approximate surface area is 164 Å². The molecule has 144 valence electrons. The summed E-state index contributed by atoms with van der Waals surface area (Å²) in [5.41, 5.74) is 15.1. The van der Waals surface area contributed by atoms with E-state index in [4.69, 9.17) is 16.6 Å². The number of hydrogen-bond acceptors (Lipinski definition) is 6. The van der Waals surface area contributed by atoms with Crippen LogP contribution < -0.4 is 11.5 Å². The van der Waals surface area contributed by atoms with E-state index in [1.54, 1.807) is 18.3 Å². The highest BCUT2D eigenvalue weighted by Gasteiger charge is 2.21. The van der Waals surface area contributed by atoms with Crippen LogP contribution in [-0.4, -0.2) is 37.1 Å². The highest BCUT2D eigenvalue weighted by molar-refractivity contribution is 6.04. The summed E-state index contributed by atoms with van der Waals surface area (Å²) in [5.74, 6) is -1.62. The van der Waals surface area contributed by atoms with Crippen LogP contribution in [0.15, 0.2) is 42.6 Å². The molecule has 0 aliphatic rings. The van der Waals surface area contributed by atoms with Gasteiger partial charge in [0.25, 0.3) is 5.91 Å². The number of carbonyl (C=O) groups excluding carboxylic acids is 1. The van der Waals surface area contributed by atoms with Crippen LogP contribution in [0.3, 0.4) is 0 Å². The standard InChI is InChI=1S/C20H16N6O3/c1-9-2-7-13-12(8-23-26-13)14(9)16-15(21)17(18(22)27)25-19(24-16)10-3-5-11(6-4-10)20(28)29/h2-8H,21H2,1H3,(H2,22,27)(H,23,26)(H,28,29). The Morgan fingerprint density at radius 3 is 2.45 bits per heavy atom. The van der Waals surface area contributed by atoms with Crippen molar-refractivity contribution >= 4 is 28.5 Å². The van der Waals surface area contributed by atoms with Crippen molar-refractivity contribution in [3.63, 3.8) is 0 Å². The van der Waals surface area contributed by atoms with Crippen molar-refractivity contribution in [2.75, 3.05) is 5.73 Å². The second-order valence-corrected chi connectivity index (χ2v) is 6.49. The van der Waals surface area contributed by atoms with Crippen molar-refractivity contribution in [3.05, 3.63) is 59.4 Å². The zero-order valence-corrected chi connectivity index (χ0v) is 15.3. The number of carboxylic acids is 1. The maximum Gasteiger partial charge on any atom is 0.335 e. The van der Waals surface area contributed by atoms with Crippen LogP contribution >= 0.6 is 0 Å². The number of nitrogens with two attached hydrogens (primary N) is 2. The van der Waals surface area contributed by atoms with Crippen LogP contribution in [0.5, 0.6) is 0 Å². The summed E-state index contributed by atoms with van der Waals surface area (Å²) in [6.07, 6.45) is 1.66. The lowest BCUT2D eigenvalue weighted by atomic mass is 9.99. The number of nitrogens with zero attached hydrogens (tertiary/aromatic N) is 3. The fourth-order valence-electron chi connectivity index (χ4n) is 3.18. The van der Waals surface area contributed by atoms with Crippen molar-refractivity contribution in [2.45, 2.75) is 6.92 Å². The van der Waals surface area contributed by atoms with Gasteiger partial charge in [0.15, 0.2) is 11.5 Å². The monoisotopic (exact) mass is 388 g/mol. The molecule has 1 amide bonds. The summed E-state index contributed by atoms with van der Waals surface area (Å²) in [4.78, 5) is 31.9. The number of rotatable bonds is 4. The molecule has 0 aliphatic heterocycles. The third-order valence-corrected chi connectivity index (χ3v) is 4.64. The van der Waals surface area contributed by atoms with Crippen molar-refractivity contribution in [1.29, 1.82) is 0 Å². The van der Waals surface area contributed by atoms with E-state index in [0.717, 1.165) is 16.5 Å². The van der Waals surface area contributed by atoms with Gasteiger partial charge in [-0.25, -0.2) is 14.8 Å². The Balaban J connectivity index is 1.99. The fourth-order valence-corrected chi connectivity index (χ4v) is 3.18. The molecule has 0 unspecified atom stereocenters. The minimum Gasteiger partial charge on any atom is -0.478 e. The largest absolute Gasteiger partial charge is 0.478 e. The molecule has 0 aliphatic carbocycles. The summed E-state index contributed by atoms with van der Waals surface area (Å²) in [5, 5.41) is 16.8. The Kier molecular flexibility index (Phi) is 4.19. The summed E-state index contributed by atoms with van der Waals surface area (Å²) >= 11 is 0. The van der Waals surface area contributed by atoms with E-state index < -0.39 is 11.9 Å². The molecule has 6 N–H and O–H groups in total. The molecule has 0 saturated heterocycles. The number of nitrogens with one attached hydrogen (secondary N) is 1. The van der Waals surface area contributed by atoms with E-state index in [-0.39, 0.29) is 22.8 Å². The first-order valence-corrected chi connectivity index (χ1v) is 8.61. The Bertz CT molecular complexity index is 1280. The van der Waals surface area contributed by atoms with Gasteiger partial charge >= 0.3 is 5.97 Å². The molecule has 2 aromatic heterocycles. The van der Waals surface area contributed by atoms with E-state index in [0.29, 0.717) is 16.8 Å². The van der Waals surface area contributed by atoms with Gasteiger partial charge in [0.2, 0.25) is 0 Å². The Hall–Kier alpha value is -4.27. The summed E-state index contributed by atoms with van der Waals surface area (Å²) in [7, 11) is 0. The highest BCUT2D eigenvalue weighted by Crippen LogP contribution is 2.35. The highest BCUT2D eigenvalue weighted by atomic mass is 16.4. The maximum absolute atomic E-state index is 12.0.